The van der Waals surface area contributed by atoms with Gasteiger partial charge in [-0.05, 0) is 24.1 Å². The molecular weight excluding hydrogens is 316 g/mol. The van der Waals surface area contributed by atoms with Crippen LogP contribution in [-0.4, -0.2) is 73.4 Å². The second kappa shape index (κ2) is 8.17. The summed E-state index contributed by atoms with van der Waals surface area (Å²) in [5, 5.41) is 16.1. The lowest BCUT2D eigenvalue weighted by atomic mass is 10.1. The molecule has 0 aromatic heterocycles. The van der Waals surface area contributed by atoms with Gasteiger partial charge in [0.15, 0.2) is 0 Å². The molecule has 3 rings (SSSR count). The number of aliphatic hydroxyl groups is 1. The number of urea groups is 1. The van der Waals surface area contributed by atoms with E-state index >= 15 is 0 Å². The summed E-state index contributed by atoms with van der Waals surface area (Å²) >= 11 is 0. The molecule has 6 heteroatoms. The van der Waals surface area contributed by atoms with Crippen molar-refractivity contribution in [2.45, 2.75) is 25.5 Å². The Balaban J connectivity index is 1.42. The number of nitrogens with one attached hydrogen (secondary N) is 2. The van der Waals surface area contributed by atoms with Gasteiger partial charge in [0.2, 0.25) is 0 Å². The summed E-state index contributed by atoms with van der Waals surface area (Å²) in [6.45, 7) is 8.22. The fourth-order valence-electron chi connectivity index (χ4n) is 3.74. The molecule has 0 bridgehead atoms. The van der Waals surface area contributed by atoms with E-state index in [2.05, 4.69) is 34.4 Å². The number of rotatable bonds is 5. The van der Waals surface area contributed by atoms with Crippen LogP contribution in [-0.2, 0) is 6.42 Å². The highest BCUT2D eigenvalue weighted by Crippen LogP contribution is 2.30. The highest BCUT2D eigenvalue weighted by atomic mass is 16.3. The van der Waals surface area contributed by atoms with Crippen molar-refractivity contribution in [2.24, 2.45) is 5.92 Å². The number of likely N-dealkylation sites (N-methyl/N-ethyl adjacent to an activating group) is 1. The Morgan fingerprint density at radius 3 is 2.76 bits per heavy atom. The molecular formula is C19H30N4O2. The lowest BCUT2D eigenvalue weighted by molar-refractivity contribution is 0.136. The minimum Gasteiger partial charge on any atom is -0.390 e. The Bertz CT molecular complexity index is 587. The second-order valence-corrected chi connectivity index (χ2v) is 7.51. The molecule has 1 unspecified atom stereocenters. The quantitative estimate of drug-likeness (QED) is 0.739. The molecule has 1 aromatic carbocycles. The maximum Gasteiger partial charge on any atom is 0.315 e. The normalized spacial score (nSPS) is 25.4. The molecule has 1 heterocycles. The van der Waals surface area contributed by atoms with Crippen LogP contribution in [0.5, 0.6) is 0 Å². The van der Waals surface area contributed by atoms with Crippen molar-refractivity contribution < 1.29 is 9.90 Å². The van der Waals surface area contributed by atoms with Gasteiger partial charge in [-0.1, -0.05) is 31.2 Å². The molecule has 1 fully saturated rings. The first kappa shape index (κ1) is 18.2. The van der Waals surface area contributed by atoms with E-state index in [1.165, 1.54) is 0 Å². The third-order valence-electron chi connectivity index (χ3n) is 5.27. The number of benzene rings is 1. The van der Waals surface area contributed by atoms with E-state index in [-0.39, 0.29) is 12.1 Å². The van der Waals surface area contributed by atoms with Crippen LogP contribution >= 0.6 is 0 Å². The zero-order chi connectivity index (χ0) is 17.8. The zero-order valence-electron chi connectivity index (χ0n) is 15.2. The van der Waals surface area contributed by atoms with Gasteiger partial charge in [0.1, 0.15) is 0 Å². The Hall–Kier alpha value is -1.63. The van der Waals surface area contributed by atoms with Gasteiger partial charge in [0.05, 0.1) is 12.1 Å². The minimum absolute atomic E-state index is 0.203. The van der Waals surface area contributed by atoms with Gasteiger partial charge in [-0.2, -0.15) is 0 Å². The molecule has 3 N–H and O–H groups in total. The lowest BCUT2D eigenvalue weighted by Crippen LogP contribution is -2.47. The van der Waals surface area contributed by atoms with Crippen LogP contribution in [0.2, 0.25) is 0 Å². The predicted octanol–water partition coefficient (Wildman–Crippen LogP) is 0.827. The highest BCUT2D eigenvalue weighted by Gasteiger charge is 2.31. The van der Waals surface area contributed by atoms with Crippen molar-refractivity contribution >= 4 is 6.03 Å². The summed E-state index contributed by atoms with van der Waals surface area (Å²) in [6, 6.07) is 7.38. The average Bonchev–Trinajstić information content (AvgIpc) is 2.91. The Kier molecular flexibility index (Phi) is 5.93. The molecule has 2 aliphatic rings. The summed E-state index contributed by atoms with van der Waals surface area (Å²) < 4.78 is 0. The van der Waals surface area contributed by atoms with E-state index in [1.807, 2.05) is 24.3 Å². The molecule has 1 aromatic rings. The number of hydrogen-bond donors (Lipinski definition) is 3. The predicted molar refractivity (Wildman–Crippen MR) is 98.5 cm³/mol. The Morgan fingerprint density at radius 2 is 2.00 bits per heavy atom. The number of hydrogen-bond acceptors (Lipinski definition) is 4. The monoisotopic (exact) mass is 346 g/mol. The molecule has 0 spiro atoms. The van der Waals surface area contributed by atoms with Gasteiger partial charge in [-0.3, -0.25) is 0 Å². The molecule has 0 saturated carbocycles. The van der Waals surface area contributed by atoms with Gasteiger partial charge in [-0.15, -0.1) is 0 Å². The van der Waals surface area contributed by atoms with Crippen molar-refractivity contribution in [3.05, 3.63) is 35.4 Å². The molecule has 1 saturated heterocycles. The number of nitrogens with zero attached hydrogens (tertiary/aromatic N) is 2. The van der Waals surface area contributed by atoms with E-state index in [0.29, 0.717) is 18.9 Å². The van der Waals surface area contributed by atoms with Crippen LogP contribution in [0, 0.1) is 5.92 Å². The summed E-state index contributed by atoms with van der Waals surface area (Å²) in [7, 11) is 2.16. The van der Waals surface area contributed by atoms with Gasteiger partial charge in [0, 0.05) is 45.7 Å². The number of amides is 2. The SMILES string of the molecule is CC(CNC(=O)N[C@@H]1c2ccccc2C[C@@H]1O)CN1CCN(C)CC1. The molecule has 6 nitrogen and oxygen atoms in total. The van der Waals surface area contributed by atoms with E-state index in [1.54, 1.807) is 0 Å². The summed E-state index contributed by atoms with van der Waals surface area (Å²) in [4.78, 5) is 17.0. The first-order valence-electron chi connectivity index (χ1n) is 9.24. The lowest BCUT2D eigenvalue weighted by Gasteiger charge is -2.34. The maximum absolute atomic E-state index is 12.2. The first-order valence-corrected chi connectivity index (χ1v) is 9.24. The van der Waals surface area contributed by atoms with Crippen molar-refractivity contribution in [1.82, 2.24) is 20.4 Å². The van der Waals surface area contributed by atoms with Crippen molar-refractivity contribution in [3.63, 3.8) is 0 Å². The van der Waals surface area contributed by atoms with E-state index < -0.39 is 6.10 Å². The minimum atomic E-state index is -0.550. The van der Waals surface area contributed by atoms with Crippen molar-refractivity contribution in [2.75, 3.05) is 46.3 Å². The fraction of sp³-hybridized carbons (Fsp3) is 0.632. The van der Waals surface area contributed by atoms with Crippen LogP contribution < -0.4 is 10.6 Å². The third-order valence-corrected chi connectivity index (χ3v) is 5.27. The van der Waals surface area contributed by atoms with Gasteiger partial charge < -0.3 is 25.5 Å². The van der Waals surface area contributed by atoms with E-state index in [0.717, 1.165) is 43.9 Å². The molecule has 3 atom stereocenters. The number of fused-ring (bicyclic) bond motifs is 1. The van der Waals surface area contributed by atoms with Crippen LogP contribution in [0.25, 0.3) is 0 Å². The molecule has 25 heavy (non-hydrogen) atoms. The molecule has 2 amide bonds. The number of piperazine rings is 1. The number of aliphatic hydroxyl groups excluding tert-OH is 1. The smallest absolute Gasteiger partial charge is 0.315 e. The zero-order valence-corrected chi connectivity index (χ0v) is 15.2. The standard InChI is InChI=1S/C19H30N4O2/c1-14(13-23-9-7-22(2)8-10-23)12-20-19(25)21-18-16-6-4-3-5-15(16)11-17(18)24/h3-6,14,17-18,24H,7-13H2,1-2H3,(H2,20,21,25)/t14?,17-,18+/m0/s1. The van der Waals surface area contributed by atoms with Crippen molar-refractivity contribution in [1.29, 1.82) is 0 Å². The Labute approximate surface area is 150 Å². The molecule has 138 valence electrons. The fourth-order valence-corrected chi connectivity index (χ4v) is 3.74. The van der Waals surface area contributed by atoms with Crippen LogP contribution in [0.4, 0.5) is 4.79 Å². The van der Waals surface area contributed by atoms with Crippen LogP contribution in [0.1, 0.15) is 24.1 Å². The van der Waals surface area contributed by atoms with Gasteiger partial charge in [-0.25, -0.2) is 4.79 Å². The van der Waals surface area contributed by atoms with E-state index in [9.17, 15) is 9.90 Å². The van der Waals surface area contributed by atoms with E-state index in [4.69, 9.17) is 0 Å². The third kappa shape index (κ3) is 4.71. The summed E-state index contributed by atoms with van der Waals surface area (Å²) in [5.41, 5.74) is 2.14. The second-order valence-electron chi connectivity index (χ2n) is 7.51. The summed E-state index contributed by atoms with van der Waals surface area (Å²) in [5.74, 6) is 0.398. The van der Waals surface area contributed by atoms with Gasteiger partial charge >= 0.3 is 6.03 Å². The number of carbonyl (C=O) groups is 1. The van der Waals surface area contributed by atoms with Crippen molar-refractivity contribution in [3.8, 4) is 0 Å². The molecule has 0 radical (unpaired) electrons. The highest BCUT2D eigenvalue weighted by molar-refractivity contribution is 5.74. The Morgan fingerprint density at radius 1 is 1.28 bits per heavy atom. The van der Waals surface area contributed by atoms with Crippen LogP contribution in [0.15, 0.2) is 24.3 Å². The largest absolute Gasteiger partial charge is 0.390 e. The number of carbonyl (C=O) groups excluding carboxylic acids is 1. The molecule has 1 aliphatic heterocycles. The van der Waals surface area contributed by atoms with Gasteiger partial charge in [0.25, 0.3) is 0 Å². The first-order chi connectivity index (χ1) is 12.0. The topological polar surface area (TPSA) is 67.8 Å². The van der Waals surface area contributed by atoms with Crippen LogP contribution in [0.3, 0.4) is 0 Å². The maximum atomic E-state index is 12.2. The molecule has 1 aliphatic carbocycles. The summed E-state index contributed by atoms with van der Waals surface area (Å²) in [6.07, 6.45) is 0.0481. The average molecular weight is 346 g/mol.